The number of hydrogen-bond acceptors (Lipinski definition) is 2. The molecule has 0 aromatic rings. The minimum atomic E-state index is -4.64. The Morgan fingerprint density at radius 2 is 0.875 bits per heavy atom. The van der Waals surface area contributed by atoms with Crippen molar-refractivity contribution in [2.75, 3.05) is 22.4 Å². The van der Waals surface area contributed by atoms with Gasteiger partial charge in [0, 0.05) is 22.4 Å². The Kier molecular flexibility index (Phi) is 22.5. The molecule has 14 heteroatoms. The quantitative estimate of drug-likeness (QED) is 0.150. The van der Waals surface area contributed by atoms with Gasteiger partial charge >= 0.3 is 15.6 Å². The largest absolute Gasteiger partial charge is 0.466 e. The molecular weight excluding hydrogens is 541 g/mol. The van der Waals surface area contributed by atoms with Gasteiger partial charge in [0.2, 0.25) is 0 Å². The van der Waals surface area contributed by atoms with Gasteiger partial charge in [-0.2, -0.15) is 0 Å². The monoisotopic (exact) mass is 560 g/mol. The third-order valence-corrected chi connectivity index (χ3v) is 3.26. The average molecular weight is 563 g/mol. The highest BCUT2D eigenvalue weighted by atomic mass is 79.9. The van der Waals surface area contributed by atoms with Crippen molar-refractivity contribution < 1.29 is 38.5 Å². The summed E-state index contributed by atoms with van der Waals surface area (Å²) in [4.78, 5) is 43.1. The van der Waals surface area contributed by atoms with Crippen LogP contribution in [0.2, 0.25) is 0 Å². The average Bonchev–Trinajstić information content (AvgIpc) is 2.34. The summed E-state index contributed by atoms with van der Waals surface area (Å²) in [5.74, 6) is 1.39. The smallest absolute Gasteiger partial charge is 0.303 e. The van der Waals surface area contributed by atoms with Gasteiger partial charge in [-0.15, -0.1) is 23.2 Å². The summed E-state index contributed by atoms with van der Waals surface area (Å²) < 4.78 is 17.8. The van der Waals surface area contributed by atoms with E-state index in [4.69, 9.17) is 61.7 Å². The van der Waals surface area contributed by atoms with Gasteiger partial charge < -0.3 is 29.4 Å². The van der Waals surface area contributed by atoms with Crippen LogP contribution in [-0.4, -0.2) is 51.8 Å². The minimum Gasteiger partial charge on any atom is -0.303 e. The summed E-state index contributed by atoms with van der Waals surface area (Å²) in [6, 6.07) is 0. The van der Waals surface area contributed by atoms with E-state index >= 15 is 0 Å². The van der Waals surface area contributed by atoms with Crippen LogP contribution in [0.5, 0.6) is 0 Å². The molecule has 0 heterocycles. The van der Waals surface area contributed by atoms with Crippen molar-refractivity contribution in [1.82, 2.24) is 0 Å². The number of hydrogen-bond donors (Lipinski definition) is 6. The molecule has 0 aliphatic rings. The normalized spacial score (nSPS) is 10.9. The number of rotatable bonds is 8. The predicted octanol–water partition coefficient (Wildman–Crippen LogP) is 3.25. The molecule has 0 saturated heterocycles. The molecule has 0 unspecified atom stereocenters. The fraction of sp³-hybridized carbons (Fsp3) is 0.800. The van der Waals surface area contributed by atoms with E-state index in [0.29, 0.717) is 11.8 Å². The second-order valence-corrected chi connectivity index (χ2v) is 8.38. The number of halogens is 4. The van der Waals surface area contributed by atoms with Crippen molar-refractivity contribution in [1.29, 1.82) is 0 Å². The Balaban J connectivity index is -0.000000361. The lowest BCUT2D eigenvalue weighted by Gasteiger charge is -2.12. The lowest BCUT2D eigenvalue weighted by Crippen LogP contribution is -1.97. The van der Waals surface area contributed by atoms with Crippen LogP contribution >= 0.6 is 70.7 Å². The summed E-state index contributed by atoms with van der Waals surface area (Å²) >= 11 is 18.5. The van der Waals surface area contributed by atoms with Crippen LogP contribution < -0.4 is 0 Å². The molecule has 0 bridgehead atoms. The van der Waals surface area contributed by atoms with Gasteiger partial charge in [-0.1, -0.05) is 43.0 Å². The maximum atomic E-state index is 8.88. The van der Waals surface area contributed by atoms with Gasteiger partial charge in [0.05, 0.1) is 0 Å². The first kappa shape index (κ1) is 30.2. The van der Waals surface area contributed by atoms with Crippen molar-refractivity contribution in [2.45, 2.75) is 25.7 Å². The molecular formula is C10H22Br2Cl2O8P2. The second kappa shape index (κ2) is 17.9. The molecule has 0 fully saturated rings. The molecule has 6 N–H and O–H groups in total. The first-order chi connectivity index (χ1) is 10.8. The van der Waals surface area contributed by atoms with Gasteiger partial charge in [0.25, 0.3) is 0 Å². The van der Waals surface area contributed by atoms with E-state index in [2.05, 4.69) is 31.9 Å². The molecule has 0 atom stereocenters. The Bertz CT molecular complexity index is 357. The van der Waals surface area contributed by atoms with Crippen LogP contribution in [0.3, 0.4) is 0 Å². The van der Waals surface area contributed by atoms with Crippen molar-refractivity contribution >= 4 is 70.7 Å². The predicted molar refractivity (Wildman–Crippen MR) is 103 cm³/mol. The molecule has 0 rings (SSSR count). The zero-order valence-corrected chi connectivity index (χ0v) is 19.0. The Morgan fingerprint density at radius 1 is 0.667 bits per heavy atom. The van der Waals surface area contributed by atoms with E-state index < -0.39 is 15.6 Å². The molecule has 0 amide bonds. The molecule has 0 aromatic heterocycles. The summed E-state index contributed by atoms with van der Waals surface area (Å²) in [7, 11) is -9.28. The van der Waals surface area contributed by atoms with E-state index in [1.807, 2.05) is 0 Å². The van der Waals surface area contributed by atoms with Gasteiger partial charge in [-0.05, 0) is 25.7 Å². The van der Waals surface area contributed by atoms with Crippen LogP contribution in [0.15, 0.2) is 11.1 Å². The summed E-state index contributed by atoms with van der Waals surface area (Å²) in [5, 5.41) is 2.03. The van der Waals surface area contributed by atoms with Crippen molar-refractivity contribution in [3.63, 3.8) is 0 Å². The first-order valence-corrected chi connectivity index (χ1v) is 12.7. The number of phosphoric acid groups is 2. The molecule has 24 heavy (non-hydrogen) atoms. The molecule has 148 valence electrons. The van der Waals surface area contributed by atoms with E-state index in [1.54, 1.807) is 0 Å². The van der Waals surface area contributed by atoms with Gasteiger partial charge in [-0.3, -0.25) is 0 Å². The topological polar surface area (TPSA) is 156 Å². The van der Waals surface area contributed by atoms with Crippen LogP contribution in [0.25, 0.3) is 0 Å². The SMILES string of the molecule is ClCCC(CCCl)=C(CCBr)CCBr.O=P(O)(O)O.O=P(O)(O)O. The highest BCUT2D eigenvalue weighted by molar-refractivity contribution is 9.09. The van der Waals surface area contributed by atoms with Gasteiger partial charge in [0.1, 0.15) is 0 Å². The maximum Gasteiger partial charge on any atom is 0.466 e. The zero-order chi connectivity index (χ0) is 19.8. The second-order valence-electron chi connectivity index (χ2n) is 3.99. The fourth-order valence-corrected chi connectivity index (χ4v) is 2.83. The Labute approximate surface area is 168 Å². The van der Waals surface area contributed by atoms with Crippen LogP contribution in [0, 0.1) is 0 Å². The number of alkyl halides is 4. The Hall–Kier alpha value is 1.50. The zero-order valence-electron chi connectivity index (χ0n) is 12.6. The Morgan fingerprint density at radius 3 is 1.04 bits per heavy atom. The summed E-state index contributed by atoms with van der Waals surface area (Å²) in [6.45, 7) is 0. The maximum absolute atomic E-state index is 8.88. The van der Waals surface area contributed by atoms with Crippen molar-refractivity contribution in [2.24, 2.45) is 0 Å². The standard InChI is InChI=1S/C10H16Br2Cl2.2H3O4P/c11-5-1-9(2-6-12)10(3-7-13)4-8-14;2*1-5(2,3)4/h1-8H2;2*(H3,1,2,3,4). The first-order valence-electron chi connectivity index (χ1n) is 6.30. The van der Waals surface area contributed by atoms with Crippen molar-refractivity contribution in [3.05, 3.63) is 11.1 Å². The molecule has 0 radical (unpaired) electrons. The molecule has 8 nitrogen and oxygen atoms in total. The van der Waals surface area contributed by atoms with Crippen LogP contribution in [-0.2, 0) is 9.13 Å². The van der Waals surface area contributed by atoms with Crippen LogP contribution in [0.1, 0.15) is 25.7 Å². The fourth-order valence-electron chi connectivity index (χ4n) is 1.41. The minimum absolute atomic E-state index is 0.695. The van der Waals surface area contributed by atoms with Gasteiger partial charge in [-0.25, -0.2) is 9.13 Å². The third kappa shape index (κ3) is 38.8. The lowest BCUT2D eigenvalue weighted by atomic mass is 9.99. The molecule has 0 spiro atoms. The highest BCUT2D eigenvalue weighted by Crippen LogP contribution is 2.26. The van der Waals surface area contributed by atoms with Crippen molar-refractivity contribution in [3.8, 4) is 0 Å². The number of allylic oxidation sites excluding steroid dienone is 2. The van der Waals surface area contributed by atoms with E-state index in [9.17, 15) is 0 Å². The third-order valence-electron chi connectivity index (χ3n) is 2.09. The molecule has 0 saturated carbocycles. The van der Waals surface area contributed by atoms with E-state index in [0.717, 1.165) is 36.3 Å². The lowest BCUT2D eigenvalue weighted by molar-refractivity contribution is 0.272. The summed E-state index contributed by atoms with van der Waals surface area (Å²) in [5.41, 5.74) is 2.97. The molecule has 0 aliphatic carbocycles. The van der Waals surface area contributed by atoms with Gasteiger partial charge in [0.15, 0.2) is 0 Å². The molecule has 0 aromatic carbocycles. The van der Waals surface area contributed by atoms with Crippen LogP contribution in [0.4, 0.5) is 0 Å². The highest BCUT2D eigenvalue weighted by Gasteiger charge is 2.05. The van der Waals surface area contributed by atoms with E-state index in [-0.39, 0.29) is 0 Å². The molecule has 0 aliphatic heterocycles. The summed E-state index contributed by atoms with van der Waals surface area (Å²) in [6.07, 6.45) is 4.16. The van der Waals surface area contributed by atoms with E-state index in [1.165, 1.54) is 11.1 Å².